The van der Waals surface area contributed by atoms with Crippen LogP contribution < -0.4 is 4.90 Å². The lowest BCUT2D eigenvalue weighted by Gasteiger charge is -2.34. The van der Waals surface area contributed by atoms with Crippen LogP contribution in [0.25, 0.3) is 0 Å². The van der Waals surface area contributed by atoms with Gasteiger partial charge in [-0.2, -0.15) is 0 Å². The molecule has 1 aliphatic heterocycles. The molecule has 5 nitrogen and oxygen atoms in total. The molecular formula is C17H20N4OS. The summed E-state index contributed by atoms with van der Waals surface area (Å²) in [7, 11) is 0. The van der Waals surface area contributed by atoms with Crippen LogP contribution in [0.4, 0.5) is 5.95 Å². The van der Waals surface area contributed by atoms with Gasteiger partial charge in [-0.05, 0) is 24.6 Å². The third kappa shape index (κ3) is 4.01. The largest absolute Gasteiger partial charge is 0.338 e. The summed E-state index contributed by atoms with van der Waals surface area (Å²) in [4.78, 5) is 26.1. The van der Waals surface area contributed by atoms with Crippen LogP contribution in [-0.4, -0.2) is 52.7 Å². The molecule has 0 aliphatic carbocycles. The van der Waals surface area contributed by atoms with Crippen molar-refractivity contribution in [2.45, 2.75) is 11.8 Å². The molecule has 1 fully saturated rings. The number of carbonyl (C=O) groups excluding carboxylic acids is 1. The second-order valence-corrected chi connectivity index (χ2v) is 6.49. The summed E-state index contributed by atoms with van der Waals surface area (Å²) in [5.74, 6) is 1.44. The van der Waals surface area contributed by atoms with Crippen molar-refractivity contribution in [2.24, 2.45) is 0 Å². The van der Waals surface area contributed by atoms with Gasteiger partial charge in [0.05, 0.1) is 5.75 Å². The molecule has 0 N–H and O–H groups in total. The van der Waals surface area contributed by atoms with Crippen molar-refractivity contribution in [1.82, 2.24) is 14.9 Å². The zero-order chi connectivity index (χ0) is 16.1. The zero-order valence-corrected chi connectivity index (χ0v) is 14.0. The fourth-order valence-corrected chi connectivity index (χ4v) is 3.49. The van der Waals surface area contributed by atoms with Gasteiger partial charge in [0, 0.05) is 43.5 Å². The molecule has 120 valence electrons. The van der Waals surface area contributed by atoms with Gasteiger partial charge in [0.25, 0.3) is 0 Å². The van der Waals surface area contributed by atoms with Crippen LogP contribution in [0, 0.1) is 6.92 Å². The summed E-state index contributed by atoms with van der Waals surface area (Å²) in [6.45, 7) is 5.10. The van der Waals surface area contributed by atoms with Crippen LogP contribution in [0.1, 0.15) is 5.56 Å². The van der Waals surface area contributed by atoms with E-state index >= 15 is 0 Å². The Morgan fingerprint density at radius 2 is 1.78 bits per heavy atom. The van der Waals surface area contributed by atoms with Crippen LogP contribution in [0.15, 0.2) is 47.6 Å². The van der Waals surface area contributed by atoms with Crippen molar-refractivity contribution >= 4 is 23.6 Å². The SMILES string of the molecule is Cc1ccccc1SCC(=O)N1CCN(c2ncccn2)CC1. The van der Waals surface area contributed by atoms with Crippen molar-refractivity contribution < 1.29 is 4.79 Å². The van der Waals surface area contributed by atoms with Crippen LogP contribution in [0.5, 0.6) is 0 Å². The third-order valence-corrected chi connectivity index (χ3v) is 5.07. The summed E-state index contributed by atoms with van der Waals surface area (Å²) in [5.41, 5.74) is 1.22. The highest BCUT2D eigenvalue weighted by atomic mass is 32.2. The number of carbonyl (C=O) groups is 1. The monoisotopic (exact) mass is 328 g/mol. The predicted octanol–water partition coefficient (Wildman–Crippen LogP) is 2.23. The van der Waals surface area contributed by atoms with Gasteiger partial charge < -0.3 is 9.80 Å². The number of thioether (sulfide) groups is 1. The van der Waals surface area contributed by atoms with Gasteiger partial charge >= 0.3 is 0 Å². The van der Waals surface area contributed by atoms with Crippen molar-refractivity contribution in [2.75, 3.05) is 36.8 Å². The highest BCUT2D eigenvalue weighted by Gasteiger charge is 2.22. The smallest absolute Gasteiger partial charge is 0.233 e. The van der Waals surface area contributed by atoms with Crippen LogP contribution >= 0.6 is 11.8 Å². The van der Waals surface area contributed by atoms with Gasteiger partial charge in [-0.25, -0.2) is 9.97 Å². The number of aryl methyl sites for hydroxylation is 1. The molecule has 1 aliphatic rings. The minimum Gasteiger partial charge on any atom is -0.338 e. The molecule has 0 unspecified atom stereocenters. The average molecular weight is 328 g/mol. The lowest BCUT2D eigenvalue weighted by Crippen LogP contribution is -2.49. The molecule has 0 saturated carbocycles. The highest BCUT2D eigenvalue weighted by molar-refractivity contribution is 8.00. The number of hydrogen-bond acceptors (Lipinski definition) is 5. The molecule has 1 saturated heterocycles. The molecule has 1 aromatic carbocycles. The quantitative estimate of drug-likeness (QED) is 0.806. The number of anilines is 1. The standard InChI is InChI=1S/C17H20N4OS/c1-14-5-2-3-6-15(14)23-13-16(22)20-9-11-21(12-10-20)17-18-7-4-8-19-17/h2-8H,9-13H2,1H3. The summed E-state index contributed by atoms with van der Waals surface area (Å²) in [6, 6.07) is 9.99. The van der Waals surface area contributed by atoms with Gasteiger partial charge in [0.2, 0.25) is 11.9 Å². The molecule has 1 amide bonds. The second kappa shape index (κ2) is 7.46. The molecule has 1 aromatic heterocycles. The van der Waals surface area contributed by atoms with Crippen molar-refractivity contribution in [3.63, 3.8) is 0 Å². The summed E-state index contributed by atoms with van der Waals surface area (Å²) in [6.07, 6.45) is 3.50. The second-order valence-electron chi connectivity index (χ2n) is 5.47. The van der Waals surface area contributed by atoms with E-state index in [4.69, 9.17) is 0 Å². The lowest BCUT2D eigenvalue weighted by molar-refractivity contribution is -0.128. The fraction of sp³-hybridized carbons (Fsp3) is 0.353. The Hall–Kier alpha value is -2.08. The van der Waals surface area contributed by atoms with Crippen molar-refractivity contribution in [3.05, 3.63) is 48.3 Å². The van der Waals surface area contributed by atoms with E-state index in [1.54, 1.807) is 24.2 Å². The van der Waals surface area contributed by atoms with E-state index < -0.39 is 0 Å². The van der Waals surface area contributed by atoms with Gasteiger partial charge in [-0.1, -0.05) is 18.2 Å². The first kappa shape index (κ1) is 15.8. The molecule has 0 spiro atoms. The van der Waals surface area contributed by atoms with E-state index in [0.717, 1.165) is 32.1 Å². The van der Waals surface area contributed by atoms with Gasteiger partial charge in [0.1, 0.15) is 0 Å². The Labute approximate surface area is 140 Å². The Morgan fingerprint density at radius 1 is 1.09 bits per heavy atom. The fourth-order valence-electron chi connectivity index (χ4n) is 2.56. The number of amides is 1. The van der Waals surface area contributed by atoms with E-state index in [1.165, 1.54) is 10.5 Å². The molecule has 2 heterocycles. The summed E-state index contributed by atoms with van der Waals surface area (Å²) in [5, 5.41) is 0. The van der Waals surface area contributed by atoms with Crippen LogP contribution in [0.3, 0.4) is 0 Å². The first-order chi connectivity index (χ1) is 11.2. The Bertz CT molecular complexity index is 657. The van der Waals surface area contributed by atoms with Crippen LogP contribution in [-0.2, 0) is 4.79 Å². The van der Waals surface area contributed by atoms with Gasteiger partial charge in [0.15, 0.2) is 0 Å². The average Bonchev–Trinajstić information content (AvgIpc) is 2.62. The zero-order valence-electron chi connectivity index (χ0n) is 13.2. The number of aromatic nitrogens is 2. The third-order valence-electron chi connectivity index (χ3n) is 3.91. The van der Waals surface area contributed by atoms with Crippen LogP contribution in [0.2, 0.25) is 0 Å². The van der Waals surface area contributed by atoms with E-state index in [0.29, 0.717) is 5.75 Å². The van der Waals surface area contributed by atoms with Crippen molar-refractivity contribution in [3.8, 4) is 0 Å². The van der Waals surface area contributed by atoms with Crippen molar-refractivity contribution in [1.29, 1.82) is 0 Å². The van der Waals surface area contributed by atoms with E-state index in [1.807, 2.05) is 23.1 Å². The minimum absolute atomic E-state index is 0.201. The first-order valence-electron chi connectivity index (χ1n) is 7.72. The maximum Gasteiger partial charge on any atom is 0.233 e. The highest BCUT2D eigenvalue weighted by Crippen LogP contribution is 2.22. The predicted molar refractivity (Wildman–Crippen MR) is 92.7 cm³/mol. The molecule has 0 radical (unpaired) electrons. The summed E-state index contributed by atoms with van der Waals surface area (Å²) < 4.78 is 0. The number of nitrogens with zero attached hydrogens (tertiary/aromatic N) is 4. The number of piperazine rings is 1. The molecule has 6 heteroatoms. The number of benzene rings is 1. The maximum absolute atomic E-state index is 12.4. The number of rotatable bonds is 4. The Kier molecular flexibility index (Phi) is 5.12. The van der Waals surface area contributed by atoms with Gasteiger partial charge in [-0.3, -0.25) is 4.79 Å². The Balaban J connectivity index is 1.50. The first-order valence-corrected chi connectivity index (χ1v) is 8.71. The number of hydrogen-bond donors (Lipinski definition) is 0. The molecule has 3 rings (SSSR count). The normalized spacial score (nSPS) is 14.8. The molecule has 0 bridgehead atoms. The molecule has 23 heavy (non-hydrogen) atoms. The van der Waals surface area contributed by atoms with E-state index in [2.05, 4.69) is 33.9 Å². The Morgan fingerprint density at radius 3 is 2.48 bits per heavy atom. The molecule has 2 aromatic rings. The lowest BCUT2D eigenvalue weighted by atomic mass is 10.2. The topological polar surface area (TPSA) is 49.3 Å². The minimum atomic E-state index is 0.201. The van der Waals surface area contributed by atoms with Gasteiger partial charge in [-0.15, -0.1) is 11.8 Å². The van der Waals surface area contributed by atoms with E-state index in [-0.39, 0.29) is 5.91 Å². The van der Waals surface area contributed by atoms with E-state index in [9.17, 15) is 4.79 Å². The summed E-state index contributed by atoms with van der Waals surface area (Å²) >= 11 is 1.62. The molecule has 0 atom stereocenters. The maximum atomic E-state index is 12.4. The molecular weight excluding hydrogens is 308 g/mol.